The van der Waals surface area contributed by atoms with Crippen LogP contribution in [0.1, 0.15) is 36.2 Å². The molecule has 0 spiro atoms. The fourth-order valence-electron chi connectivity index (χ4n) is 1.70. The van der Waals surface area contributed by atoms with Crippen LogP contribution in [0.25, 0.3) is 0 Å². The summed E-state index contributed by atoms with van der Waals surface area (Å²) in [4.78, 5) is 21.5. The van der Waals surface area contributed by atoms with Gasteiger partial charge in [0.25, 0.3) is 0 Å². The standard InChI is InChI=1S/C14H19NO3/c1-10(2)7-13(14(17)18)15-8-11-3-5-12(9-16)6-4-11/h3-6,9-10,13,15H,7-8H2,1-2H3,(H,17,18)/t13-/m1/s1. The fourth-order valence-corrected chi connectivity index (χ4v) is 1.70. The first-order valence-corrected chi connectivity index (χ1v) is 6.03. The molecule has 18 heavy (non-hydrogen) atoms. The van der Waals surface area contributed by atoms with Crippen LogP contribution in [0.5, 0.6) is 0 Å². The molecule has 0 saturated carbocycles. The number of nitrogens with one attached hydrogen (secondary N) is 1. The number of hydrogen-bond acceptors (Lipinski definition) is 3. The van der Waals surface area contributed by atoms with Gasteiger partial charge in [0, 0.05) is 12.1 Å². The molecule has 1 atom stereocenters. The van der Waals surface area contributed by atoms with Crippen LogP contribution < -0.4 is 5.32 Å². The molecule has 0 bridgehead atoms. The summed E-state index contributed by atoms with van der Waals surface area (Å²) < 4.78 is 0. The van der Waals surface area contributed by atoms with Gasteiger partial charge in [-0.05, 0) is 17.9 Å². The van der Waals surface area contributed by atoms with Gasteiger partial charge in [-0.25, -0.2) is 0 Å². The number of carbonyl (C=O) groups is 2. The van der Waals surface area contributed by atoms with Crippen LogP contribution in [0.3, 0.4) is 0 Å². The van der Waals surface area contributed by atoms with E-state index in [1.807, 2.05) is 26.0 Å². The average Bonchev–Trinajstić information content (AvgIpc) is 2.34. The van der Waals surface area contributed by atoms with Gasteiger partial charge in [0.05, 0.1) is 0 Å². The smallest absolute Gasteiger partial charge is 0.320 e. The van der Waals surface area contributed by atoms with Crippen molar-refractivity contribution in [1.82, 2.24) is 5.32 Å². The molecule has 4 heteroatoms. The molecule has 0 radical (unpaired) electrons. The van der Waals surface area contributed by atoms with E-state index in [-0.39, 0.29) is 0 Å². The molecule has 0 aliphatic rings. The number of carboxylic acids is 1. The topological polar surface area (TPSA) is 66.4 Å². The monoisotopic (exact) mass is 249 g/mol. The molecule has 4 nitrogen and oxygen atoms in total. The molecule has 0 unspecified atom stereocenters. The SMILES string of the molecule is CC(C)C[C@@H](NCc1ccc(C=O)cc1)C(=O)O. The van der Waals surface area contributed by atoms with Crippen molar-refractivity contribution in [3.63, 3.8) is 0 Å². The Morgan fingerprint density at radius 1 is 1.33 bits per heavy atom. The largest absolute Gasteiger partial charge is 0.480 e. The van der Waals surface area contributed by atoms with Crippen LogP contribution in [0.15, 0.2) is 24.3 Å². The number of rotatable bonds is 7. The van der Waals surface area contributed by atoms with Gasteiger partial charge in [0.15, 0.2) is 0 Å². The van der Waals surface area contributed by atoms with Crippen LogP contribution in [0.2, 0.25) is 0 Å². The van der Waals surface area contributed by atoms with Crippen molar-refractivity contribution in [3.05, 3.63) is 35.4 Å². The van der Waals surface area contributed by atoms with Gasteiger partial charge >= 0.3 is 5.97 Å². The summed E-state index contributed by atoms with van der Waals surface area (Å²) in [5, 5.41) is 12.1. The van der Waals surface area contributed by atoms with E-state index >= 15 is 0 Å². The molecule has 98 valence electrons. The van der Waals surface area contributed by atoms with Crippen molar-refractivity contribution in [2.24, 2.45) is 5.92 Å². The van der Waals surface area contributed by atoms with E-state index in [0.717, 1.165) is 11.8 Å². The molecule has 0 aromatic heterocycles. The molecule has 1 aromatic rings. The third kappa shape index (κ3) is 4.67. The van der Waals surface area contributed by atoms with Gasteiger partial charge in [0.2, 0.25) is 0 Å². The van der Waals surface area contributed by atoms with Gasteiger partial charge in [-0.1, -0.05) is 38.1 Å². The zero-order valence-electron chi connectivity index (χ0n) is 10.7. The van der Waals surface area contributed by atoms with E-state index in [4.69, 9.17) is 5.11 Å². The van der Waals surface area contributed by atoms with Crippen LogP contribution in [0.4, 0.5) is 0 Å². The predicted molar refractivity (Wildman–Crippen MR) is 69.5 cm³/mol. The molecule has 0 fully saturated rings. The summed E-state index contributed by atoms with van der Waals surface area (Å²) in [7, 11) is 0. The first-order chi connectivity index (χ1) is 8.52. The lowest BCUT2D eigenvalue weighted by Gasteiger charge is -2.16. The highest BCUT2D eigenvalue weighted by Gasteiger charge is 2.17. The highest BCUT2D eigenvalue weighted by Crippen LogP contribution is 2.07. The molecule has 1 rings (SSSR count). The maximum Gasteiger partial charge on any atom is 0.320 e. The van der Waals surface area contributed by atoms with E-state index in [1.165, 1.54) is 0 Å². The molecule has 0 aliphatic heterocycles. The minimum Gasteiger partial charge on any atom is -0.480 e. The van der Waals surface area contributed by atoms with Crippen molar-refractivity contribution in [2.45, 2.75) is 32.9 Å². The summed E-state index contributed by atoms with van der Waals surface area (Å²) in [6.07, 6.45) is 1.39. The number of aldehydes is 1. The van der Waals surface area contributed by atoms with Crippen molar-refractivity contribution in [1.29, 1.82) is 0 Å². The minimum absolute atomic E-state index is 0.330. The second-order valence-corrected chi connectivity index (χ2v) is 4.76. The molecule has 0 saturated heterocycles. The number of hydrogen-bond donors (Lipinski definition) is 2. The zero-order chi connectivity index (χ0) is 13.5. The molecule has 0 aliphatic carbocycles. The van der Waals surface area contributed by atoms with Crippen molar-refractivity contribution >= 4 is 12.3 Å². The van der Waals surface area contributed by atoms with E-state index < -0.39 is 12.0 Å². The van der Waals surface area contributed by atoms with E-state index in [0.29, 0.717) is 24.4 Å². The molecule has 0 heterocycles. The van der Waals surface area contributed by atoms with Crippen LogP contribution in [0, 0.1) is 5.92 Å². The number of aliphatic carboxylic acids is 1. The van der Waals surface area contributed by atoms with Crippen LogP contribution in [-0.4, -0.2) is 23.4 Å². The Morgan fingerprint density at radius 3 is 2.39 bits per heavy atom. The predicted octanol–water partition coefficient (Wildman–Crippen LogP) is 2.09. The lowest BCUT2D eigenvalue weighted by atomic mass is 10.0. The quantitative estimate of drug-likeness (QED) is 0.726. The van der Waals surface area contributed by atoms with E-state index in [1.54, 1.807) is 12.1 Å². The molecule has 0 amide bonds. The van der Waals surface area contributed by atoms with Crippen LogP contribution in [-0.2, 0) is 11.3 Å². The van der Waals surface area contributed by atoms with Crippen molar-refractivity contribution in [3.8, 4) is 0 Å². The Hall–Kier alpha value is -1.68. The minimum atomic E-state index is -0.826. The molecular formula is C14H19NO3. The maximum atomic E-state index is 11.0. The second-order valence-electron chi connectivity index (χ2n) is 4.76. The normalized spacial score (nSPS) is 12.4. The highest BCUT2D eigenvalue weighted by atomic mass is 16.4. The number of carbonyl (C=O) groups excluding carboxylic acids is 1. The van der Waals surface area contributed by atoms with E-state index in [9.17, 15) is 9.59 Å². The van der Waals surface area contributed by atoms with Gasteiger partial charge in [-0.15, -0.1) is 0 Å². The summed E-state index contributed by atoms with van der Waals surface area (Å²) in [6, 6.07) is 6.57. The average molecular weight is 249 g/mol. The van der Waals surface area contributed by atoms with Gasteiger partial charge in [-0.2, -0.15) is 0 Å². The van der Waals surface area contributed by atoms with Crippen LogP contribution >= 0.6 is 0 Å². The Morgan fingerprint density at radius 2 is 1.94 bits per heavy atom. The lowest BCUT2D eigenvalue weighted by Crippen LogP contribution is -2.37. The fraction of sp³-hybridized carbons (Fsp3) is 0.429. The Labute approximate surface area is 107 Å². The Balaban J connectivity index is 2.55. The second kappa shape index (κ2) is 6.91. The molecule has 1 aromatic carbocycles. The first-order valence-electron chi connectivity index (χ1n) is 6.03. The highest BCUT2D eigenvalue weighted by molar-refractivity contribution is 5.74. The maximum absolute atomic E-state index is 11.0. The number of benzene rings is 1. The summed E-state index contributed by atoms with van der Waals surface area (Å²) in [5.41, 5.74) is 1.59. The third-order valence-corrected chi connectivity index (χ3v) is 2.67. The summed E-state index contributed by atoms with van der Waals surface area (Å²) >= 11 is 0. The zero-order valence-corrected chi connectivity index (χ0v) is 10.7. The van der Waals surface area contributed by atoms with Crippen molar-refractivity contribution < 1.29 is 14.7 Å². The Kier molecular flexibility index (Phi) is 5.52. The first kappa shape index (κ1) is 14.4. The lowest BCUT2D eigenvalue weighted by molar-refractivity contribution is -0.140. The van der Waals surface area contributed by atoms with Crippen molar-refractivity contribution in [2.75, 3.05) is 0 Å². The van der Waals surface area contributed by atoms with Gasteiger partial charge in [0.1, 0.15) is 12.3 Å². The Bertz CT molecular complexity index is 398. The number of carboxylic acid groups (broad SMARTS) is 1. The summed E-state index contributed by atoms with van der Waals surface area (Å²) in [6.45, 7) is 4.48. The van der Waals surface area contributed by atoms with Gasteiger partial charge in [-0.3, -0.25) is 9.59 Å². The summed E-state index contributed by atoms with van der Waals surface area (Å²) in [5.74, 6) is -0.496. The molecular weight excluding hydrogens is 230 g/mol. The van der Waals surface area contributed by atoms with E-state index in [2.05, 4.69) is 5.32 Å². The van der Waals surface area contributed by atoms with Gasteiger partial charge < -0.3 is 10.4 Å². The molecule has 2 N–H and O–H groups in total. The third-order valence-electron chi connectivity index (χ3n) is 2.67.